The van der Waals surface area contributed by atoms with Crippen molar-refractivity contribution in [2.75, 3.05) is 20.8 Å². The van der Waals surface area contributed by atoms with Crippen LogP contribution in [0.3, 0.4) is 0 Å². The first-order valence-electron chi connectivity index (χ1n) is 5.71. The fourth-order valence-corrected chi connectivity index (χ4v) is 1.89. The third-order valence-electron chi connectivity index (χ3n) is 2.46. The van der Waals surface area contributed by atoms with Crippen LogP contribution in [-0.2, 0) is 4.74 Å². The van der Waals surface area contributed by atoms with Crippen molar-refractivity contribution in [2.45, 2.75) is 26.1 Å². The SMILES string of the molecule is COc1ccc(C(O)COC(C)C)c(Cl)c1OC. The van der Waals surface area contributed by atoms with Crippen LogP contribution < -0.4 is 9.47 Å². The van der Waals surface area contributed by atoms with E-state index in [2.05, 4.69) is 0 Å². The molecule has 1 N–H and O–H groups in total. The Morgan fingerprint density at radius 3 is 2.39 bits per heavy atom. The van der Waals surface area contributed by atoms with E-state index in [1.807, 2.05) is 13.8 Å². The van der Waals surface area contributed by atoms with Crippen molar-refractivity contribution >= 4 is 11.6 Å². The first-order valence-corrected chi connectivity index (χ1v) is 6.09. The minimum absolute atomic E-state index is 0.0542. The van der Waals surface area contributed by atoms with Crippen LogP contribution in [0, 0.1) is 0 Å². The number of rotatable bonds is 6. The molecule has 0 bridgehead atoms. The van der Waals surface area contributed by atoms with E-state index in [1.54, 1.807) is 12.1 Å². The maximum absolute atomic E-state index is 10.0. The van der Waals surface area contributed by atoms with E-state index in [-0.39, 0.29) is 12.7 Å². The van der Waals surface area contributed by atoms with Crippen molar-refractivity contribution in [2.24, 2.45) is 0 Å². The summed E-state index contributed by atoms with van der Waals surface area (Å²) in [5.41, 5.74) is 0.565. The molecule has 1 unspecified atom stereocenters. The Morgan fingerprint density at radius 1 is 1.22 bits per heavy atom. The zero-order valence-corrected chi connectivity index (χ0v) is 11.8. The van der Waals surface area contributed by atoms with Gasteiger partial charge in [-0.25, -0.2) is 0 Å². The Labute approximate surface area is 112 Å². The highest BCUT2D eigenvalue weighted by atomic mass is 35.5. The first kappa shape index (κ1) is 15.1. The van der Waals surface area contributed by atoms with Gasteiger partial charge in [0.1, 0.15) is 6.10 Å². The molecule has 0 aromatic heterocycles. The average molecular weight is 275 g/mol. The second-order valence-corrected chi connectivity index (χ2v) is 4.48. The molecule has 0 aliphatic rings. The van der Waals surface area contributed by atoms with Crippen LogP contribution in [0.5, 0.6) is 11.5 Å². The molecule has 1 atom stereocenters. The van der Waals surface area contributed by atoms with E-state index in [1.165, 1.54) is 14.2 Å². The molecule has 0 fully saturated rings. The number of methoxy groups -OCH3 is 2. The van der Waals surface area contributed by atoms with Gasteiger partial charge in [-0.15, -0.1) is 0 Å². The normalized spacial score (nSPS) is 12.6. The predicted octanol–water partition coefficient (Wildman–Crippen LogP) is 2.82. The number of aliphatic hydroxyl groups excluding tert-OH is 1. The van der Waals surface area contributed by atoms with Crippen molar-refractivity contribution in [1.82, 2.24) is 0 Å². The van der Waals surface area contributed by atoms with Crippen molar-refractivity contribution < 1.29 is 19.3 Å². The molecule has 1 aromatic carbocycles. The lowest BCUT2D eigenvalue weighted by Gasteiger charge is -2.17. The Balaban J connectivity index is 2.96. The fraction of sp³-hybridized carbons (Fsp3) is 0.538. The highest BCUT2D eigenvalue weighted by Crippen LogP contribution is 2.39. The smallest absolute Gasteiger partial charge is 0.179 e. The van der Waals surface area contributed by atoms with Crippen molar-refractivity contribution in [3.05, 3.63) is 22.7 Å². The van der Waals surface area contributed by atoms with Gasteiger partial charge >= 0.3 is 0 Å². The molecule has 102 valence electrons. The van der Waals surface area contributed by atoms with Crippen molar-refractivity contribution in [3.8, 4) is 11.5 Å². The second kappa shape index (κ2) is 6.83. The Hall–Kier alpha value is -0.970. The summed E-state index contributed by atoms with van der Waals surface area (Å²) < 4.78 is 15.7. The van der Waals surface area contributed by atoms with Crippen LogP contribution in [-0.4, -0.2) is 32.0 Å². The molecule has 0 saturated heterocycles. The van der Waals surface area contributed by atoms with E-state index < -0.39 is 6.10 Å². The molecule has 0 heterocycles. The van der Waals surface area contributed by atoms with Crippen LogP contribution in [0.2, 0.25) is 5.02 Å². The fourth-order valence-electron chi connectivity index (χ4n) is 1.54. The lowest BCUT2D eigenvalue weighted by molar-refractivity contribution is 0.00488. The lowest BCUT2D eigenvalue weighted by Crippen LogP contribution is -2.12. The summed E-state index contributed by atoms with van der Waals surface area (Å²) in [5.74, 6) is 0.948. The molecule has 4 nitrogen and oxygen atoms in total. The maximum Gasteiger partial charge on any atom is 0.179 e. The first-order chi connectivity index (χ1) is 8.51. The third-order valence-corrected chi connectivity index (χ3v) is 2.85. The van der Waals surface area contributed by atoms with Crippen LogP contribution in [0.15, 0.2) is 12.1 Å². The average Bonchev–Trinajstić information content (AvgIpc) is 2.35. The summed E-state index contributed by atoms with van der Waals surface area (Å²) in [6.07, 6.45) is -0.738. The second-order valence-electron chi connectivity index (χ2n) is 4.10. The quantitative estimate of drug-likeness (QED) is 0.867. The largest absolute Gasteiger partial charge is 0.493 e. The van der Waals surface area contributed by atoms with Crippen LogP contribution >= 0.6 is 11.6 Å². The topological polar surface area (TPSA) is 47.9 Å². The summed E-state index contributed by atoms with van der Waals surface area (Å²) in [7, 11) is 3.04. The summed E-state index contributed by atoms with van der Waals surface area (Å²) in [6.45, 7) is 4.00. The van der Waals surface area contributed by atoms with Gasteiger partial charge < -0.3 is 19.3 Å². The predicted molar refractivity (Wildman–Crippen MR) is 70.6 cm³/mol. The van der Waals surface area contributed by atoms with Gasteiger partial charge in [0.05, 0.1) is 32.0 Å². The van der Waals surface area contributed by atoms with Gasteiger partial charge in [-0.3, -0.25) is 0 Å². The molecular weight excluding hydrogens is 256 g/mol. The standard InChI is InChI=1S/C13H19ClO4/c1-8(2)18-7-10(15)9-5-6-11(16-3)13(17-4)12(9)14/h5-6,8,10,15H,7H2,1-4H3. The van der Waals surface area contributed by atoms with Crippen molar-refractivity contribution in [1.29, 1.82) is 0 Å². The summed E-state index contributed by atoms with van der Waals surface area (Å²) in [5, 5.41) is 10.4. The zero-order valence-electron chi connectivity index (χ0n) is 11.1. The van der Waals surface area contributed by atoms with E-state index in [4.69, 9.17) is 25.8 Å². The summed E-state index contributed by atoms with van der Waals surface area (Å²) in [6, 6.07) is 3.41. The maximum atomic E-state index is 10.0. The molecule has 0 aliphatic heterocycles. The Bertz CT molecular complexity index is 393. The van der Waals surface area contributed by atoms with E-state index in [0.717, 1.165) is 0 Å². The molecule has 0 amide bonds. The number of halogens is 1. The van der Waals surface area contributed by atoms with Gasteiger partial charge in [0.25, 0.3) is 0 Å². The van der Waals surface area contributed by atoms with E-state index in [9.17, 15) is 5.11 Å². The van der Waals surface area contributed by atoms with Gasteiger partial charge in [-0.05, 0) is 19.9 Å². The molecule has 1 rings (SSSR count). The Kier molecular flexibility index (Phi) is 5.72. The summed E-state index contributed by atoms with van der Waals surface area (Å²) in [4.78, 5) is 0. The van der Waals surface area contributed by atoms with Crippen LogP contribution in [0.4, 0.5) is 0 Å². The number of ether oxygens (including phenoxy) is 3. The van der Waals surface area contributed by atoms with Gasteiger partial charge in [-0.2, -0.15) is 0 Å². The van der Waals surface area contributed by atoms with Gasteiger partial charge in [0, 0.05) is 5.56 Å². The molecule has 5 heteroatoms. The number of benzene rings is 1. The molecular formula is C13H19ClO4. The number of hydrogen-bond acceptors (Lipinski definition) is 4. The highest BCUT2D eigenvalue weighted by Gasteiger charge is 2.18. The molecule has 18 heavy (non-hydrogen) atoms. The summed E-state index contributed by atoms with van der Waals surface area (Å²) >= 11 is 6.18. The molecule has 0 spiro atoms. The van der Waals surface area contributed by atoms with Gasteiger partial charge in [0.15, 0.2) is 11.5 Å². The van der Waals surface area contributed by atoms with Gasteiger partial charge in [0.2, 0.25) is 0 Å². The number of hydrogen-bond donors (Lipinski definition) is 1. The third kappa shape index (κ3) is 3.51. The van der Waals surface area contributed by atoms with Gasteiger partial charge in [-0.1, -0.05) is 17.7 Å². The minimum Gasteiger partial charge on any atom is -0.493 e. The van der Waals surface area contributed by atoms with E-state index in [0.29, 0.717) is 22.1 Å². The van der Waals surface area contributed by atoms with Crippen LogP contribution in [0.25, 0.3) is 0 Å². The molecule has 0 saturated carbocycles. The van der Waals surface area contributed by atoms with E-state index >= 15 is 0 Å². The minimum atomic E-state index is -0.792. The monoisotopic (exact) mass is 274 g/mol. The number of aliphatic hydroxyl groups is 1. The highest BCUT2D eigenvalue weighted by molar-refractivity contribution is 6.33. The Morgan fingerprint density at radius 2 is 1.89 bits per heavy atom. The van der Waals surface area contributed by atoms with Crippen LogP contribution in [0.1, 0.15) is 25.5 Å². The molecule has 0 radical (unpaired) electrons. The molecule has 1 aromatic rings. The lowest BCUT2D eigenvalue weighted by atomic mass is 10.1. The van der Waals surface area contributed by atoms with Crippen molar-refractivity contribution in [3.63, 3.8) is 0 Å². The zero-order chi connectivity index (χ0) is 13.7. The molecule has 0 aliphatic carbocycles.